The van der Waals surface area contributed by atoms with Crippen LogP contribution in [0.4, 0.5) is 0 Å². The number of amides is 1. The van der Waals surface area contributed by atoms with Gasteiger partial charge in [0.1, 0.15) is 6.54 Å². The zero-order valence-corrected chi connectivity index (χ0v) is 15.2. The van der Waals surface area contributed by atoms with Gasteiger partial charge in [0.2, 0.25) is 5.91 Å². The molecule has 1 heterocycles. The first kappa shape index (κ1) is 17.8. The molecule has 1 saturated carbocycles. The highest BCUT2D eigenvalue weighted by Crippen LogP contribution is 2.22. The summed E-state index contributed by atoms with van der Waals surface area (Å²) in [5.74, 6) is 1.66. The van der Waals surface area contributed by atoms with Crippen LogP contribution in [0.25, 0.3) is 0 Å². The Bertz CT molecular complexity index is 575. The van der Waals surface area contributed by atoms with Crippen molar-refractivity contribution in [3.05, 3.63) is 35.9 Å². The summed E-state index contributed by atoms with van der Waals surface area (Å²) in [5.41, 5.74) is 1.43. The van der Waals surface area contributed by atoms with Crippen LogP contribution in [0.2, 0.25) is 0 Å². The van der Waals surface area contributed by atoms with Crippen LogP contribution in [-0.4, -0.2) is 49.0 Å². The van der Waals surface area contributed by atoms with Gasteiger partial charge >= 0.3 is 0 Å². The topological polar surface area (TPSA) is 56.7 Å². The Morgan fingerprint density at radius 2 is 1.88 bits per heavy atom. The lowest BCUT2D eigenvalue weighted by Crippen LogP contribution is -2.46. The van der Waals surface area contributed by atoms with Gasteiger partial charge in [-0.3, -0.25) is 4.79 Å². The molecule has 3 rings (SSSR count). The number of guanidine groups is 1. The van der Waals surface area contributed by atoms with E-state index in [0.29, 0.717) is 6.04 Å². The minimum atomic E-state index is 0.0388. The van der Waals surface area contributed by atoms with Crippen LogP contribution in [0, 0.1) is 5.92 Å². The van der Waals surface area contributed by atoms with E-state index in [4.69, 9.17) is 0 Å². The summed E-state index contributed by atoms with van der Waals surface area (Å²) in [6.07, 6.45) is 5.74. The van der Waals surface area contributed by atoms with Crippen molar-refractivity contribution in [1.82, 2.24) is 15.5 Å². The third-order valence-electron chi connectivity index (χ3n) is 4.93. The molecular weight excluding hydrogens is 312 g/mol. The van der Waals surface area contributed by atoms with E-state index in [9.17, 15) is 4.79 Å². The van der Waals surface area contributed by atoms with Crippen LogP contribution < -0.4 is 10.6 Å². The quantitative estimate of drug-likeness (QED) is 0.615. The van der Waals surface area contributed by atoms with Gasteiger partial charge in [0.25, 0.3) is 0 Å². The average molecular weight is 342 g/mol. The summed E-state index contributed by atoms with van der Waals surface area (Å²) in [4.78, 5) is 18.7. The number of hydrogen-bond acceptors (Lipinski definition) is 2. The van der Waals surface area contributed by atoms with E-state index in [1.165, 1.54) is 18.4 Å². The molecule has 1 aliphatic carbocycles. The van der Waals surface area contributed by atoms with Gasteiger partial charge in [-0.15, -0.1) is 0 Å². The smallest absolute Gasteiger partial charge is 0.242 e. The van der Waals surface area contributed by atoms with E-state index in [1.54, 1.807) is 0 Å². The van der Waals surface area contributed by atoms with E-state index >= 15 is 0 Å². The number of carbonyl (C=O) groups excluding carboxylic acids is 1. The fraction of sp³-hybridized carbons (Fsp3) is 0.600. The summed E-state index contributed by atoms with van der Waals surface area (Å²) >= 11 is 0. The molecule has 0 radical (unpaired) electrons. The highest BCUT2D eigenvalue weighted by atomic mass is 16.2. The Kier molecular flexibility index (Phi) is 6.31. The zero-order chi connectivity index (χ0) is 17.5. The Morgan fingerprint density at radius 1 is 1.16 bits per heavy atom. The summed E-state index contributed by atoms with van der Waals surface area (Å²) in [6.45, 7) is 5.14. The Morgan fingerprint density at radius 3 is 2.52 bits per heavy atom. The molecule has 1 aliphatic heterocycles. The molecule has 5 heteroatoms. The Balaban J connectivity index is 1.48. The number of piperidine rings is 1. The number of benzene rings is 1. The maximum absolute atomic E-state index is 11.9. The summed E-state index contributed by atoms with van der Waals surface area (Å²) in [5, 5.41) is 6.33. The summed E-state index contributed by atoms with van der Waals surface area (Å²) in [6, 6.07) is 11.1. The number of nitrogens with zero attached hydrogens (tertiary/aromatic N) is 2. The van der Waals surface area contributed by atoms with Crippen molar-refractivity contribution in [2.45, 2.75) is 45.1 Å². The van der Waals surface area contributed by atoms with E-state index in [1.807, 2.05) is 0 Å². The van der Waals surface area contributed by atoms with Crippen LogP contribution in [0.1, 0.15) is 38.2 Å². The van der Waals surface area contributed by atoms with E-state index < -0.39 is 0 Å². The molecule has 1 saturated heterocycles. The van der Waals surface area contributed by atoms with Gasteiger partial charge < -0.3 is 15.5 Å². The second-order valence-corrected chi connectivity index (χ2v) is 7.13. The van der Waals surface area contributed by atoms with Crippen LogP contribution in [0.5, 0.6) is 0 Å². The zero-order valence-electron chi connectivity index (χ0n) is 15.2. The molecule has 2 N–H and O–H groups in total. The SMILES string of the molecule is CCNC(=NCC(=O)NC1CC1)N1CCC(Cc2ccccc2)CC1. The Labute approximate surface area is 150 Å². The number of rotatable bonds is 6. The maximum atomic E-state index is 11.9. The van der Waals surface area contributed by atoms with E-state index in [0.717, 1.165) is 50.8 Å². The van der Waals surface area contributed by atoms with Crippen LogP contribution >= 0.6 is 0 Å². The largest absolute Gasteiger partial charge is 0.357 e. The summed E-state index contributed by atoms with van der Waals surface area (Å²) < 4.78 is 0. The lowest BCUT2D eigenvalue weighted by atomic mass is 9.90. The minimum absolute atomic E-state index is 0.0388. The number of aliphatic imine (C=N–C) groups is 1. The Hall–Kier alpha value is -2.04. The second-order valence-electron chi connectivity index (χ2n) is 7.13. The maximum Gasteiger partial charge on any atom is 0.242 e. The van der Waals surface area contributed by atoms with Crippen molar-refractivity contribution in [2.75, 3.05) is 26.2 Å². The molecule has 25 heavy (non-hydrogen) atoms. The van der Waals surface area contributed by atoms with Gasteiger partial charge in [-0.05, 0) is 50.5 Å². The van der Waals surface area contributed by atoms with Crippen molar-refractivity contribution in [3.63, 3.8) is 0 Å². The third kappa shape index (κ3) is 5.76. The lowest BCUT2D eigenvalue weighted by molar-refractivity contribution is -0.119. The standard InChI is InChI=1S/C20H30N4O/c1-2-21-20(22-15-19(25)23-18-8-9-18)24-12-10-17(11-13-24)14-16-6-4-3-5-7-16/h3-7,17-18H,2,8-15H2,1H3,(H,21,22)(H,23,25). The molecule has 136 valence electrons. The minimum Gasteiger partial charge on any atom is -0.357 e. The molecule has 0 spiro atoms. The fourth-order valence-corrected chi connectivity index (χ4v) is 3.37. The number of carbonyl (C=O) groups is 1. The molecule has 0 unspecified atom stereocenters. The predicted molar refractivity (Wildman–Crippen MR) is 102 cm³/mol. The van der Waals surface area contributed by atoms with E-state index in [-0.39, 0.29) is 12.5 Å². The monoisotopic (exact) mass is 342 g/mol. The first-order valence-electron chi connectivity index (χ1n) is 9.61. The van der Waals surface area contributed by atoms with Gasteiger partial charge in [0.15, 0.2) is 5.96 Å². The van der Waals surface area contributed by atoms with Gasteiger partial charge in [-0.25, -0.2) is 4.99 Å². The van der Waals surface area contributed by atoms with Gasteiger partial charge in [-0.1, -0.05) is 30.3 Å². The normalized spacial score (nSPS) is 18.9. The van der Waals surface area contributed by atoms with Crippen LogP contribution in [-0.2, 0) is 11.2 Å². The van der Waals surface area contributed by atoms with Gasteiger partial charge in [0, 0.05) is 25.7 Å². The van der Waals surface area contributed by atoms with Gasteiger partial charge in [-0.2, -0.15) is 0 Å². The molecule has 5 nitrogen and oxygen atoms in total. The van der Waals surface area contributed by atoms with E-state index in [2.05, 4.69) is 57.8 Å². The first-order valence-corrected chi connectivity index (χ1v) is 9.61. The molecule has 0 bridgehead atoms. The fourth-order valence-electron chi connectivity index (χ4n) is 3.37. The highest BCUT2D eigenvalue weighted by molar-refractivity contribution is 5.85. The number of nitrogens with one attached hydrogen (secondary N) is 2. The molecular formula is C20H30N4O. The average Bonchev–Trinajstić information content (AvgIpc) is 3.44. The van der Waals surface area contributed by atoms with Crippen LogP contribution in [0.3, 0.4) is 0 Å². The van der Waals surface area contributed by atoms with Crippen molar-refractivity contribution in [3.8, 4) is 0 Å². The highest BCUT2D eigenvalue weighted by Gasteiger charge is 2.24. The van der Waals surface area contributed by atoms with Crippen molar-refractivity contribution in [1.29, 1.82) is 0 Å². The second kappa shape index (κ2) is 8.88. The molecule has 1 aromatic carbocycles. The number of hydrogen-bond donors (Lipinski definition) is 2. The molecule has 1 amide bonds. The van der Waals surface area contributed by atoms with Crippen molar-refractivity contribution < 1.29 is 4.79 Å². The predicted octanol–water partition coefficient (Wildman–Crippen LogP) is 2.19. The molecule has 0 atom stereocenters. The number of likely N-dealkylation sites (tertiary alicyclic amines) is 1. The van der Waals surface area contributed by atoms with Crippen molar-refractivity contribution >= 4 is 11.9 Å². The first-order chi connectivity index (χ1) is 12.2. The van der Waals surface area contributed by atoms with Crippen molar-refractivity contribution in [2.24, 2.45) is 10.9 Å². The lowest BCUT2D eigenvalue weighted by Gasteiger charge is -2.34. The molecule has 0 aromatic heterocycles. The molecule has 1 aromatic rings. The third-order valence-corrected chi connectivity index (χ3v) is 4.93. The summed E-state index contributed by atoms with van der Waals surface area (Å²) in [7, 11) is 0. The molecule has 2 aliphatic rings. The molecule has 2 fully saturated rings. The van der Waals surface area contributed by atoms with Crippen LogP contribution in [0.15, 0.2) is 35.3 Å². The van der Waals surface area contributed by atoms with Gasteiger partial charge in [0.05, 0.1) is 0 Å².